The zero-order valence-electron chi connectivity index (χ0n) is 19.3. The lowest BCUT2D eigenvalue weighted by molar-refractivity contribution is 0.0878. The number of aromatic nitrogens is 7. The molecular formula is C25H27N7O2. The molecule has 4 rings (SSSR count). The van der Waals surface area contributed by atoms with E-state index in [0.717, 1.165) is 39.8 Å². The zero-order chi connectivity index (χ0) is 23.9. The highest BCUT2D eigenvalue weighted by Gasteiger charge is 2.17. The van der Waals surface area contributed by atoms with Crippen LogP contribution in [0, 0.1) is 0 Å². The number of aromatic amines is 1. The molecule has 0 saturated carbocycles. The Bertz CT molecular complexity index is 1330. The van der Waals surface area contributed by atoms with E-state index >= 15 is 0 Å². The Balaban J connectivity index is 1.58. The van der Waals surface area contributed by atoms with Crippen LogP contribution >= 0.6 is 0 Å². The fourth-order valence-corrected chi connectivity index (χ4v) is 3.68. The van der Waals surface area contributed by atoms with Crippen LogP contribution in [0.4, 0.5) is 0 Å². The van der Waals surface area contributed by atoms with Gasteiger partial charge in [0.2, 0.25) is 0 Å². The molecule has 0 aliphatic carbocycles. The average molecular weight is 458 g/mol. The first-order valence-corrected chi connectivity index (χ1v) is 11.4. The Labute approximate surface area is 197 Å². The molecule has 0 saturated heterocycles. The van der Waals surface area contributed by atoms with Gasteiger partial charge in [-0.05, 0) is 46.5 Å². The summed E-state index contributed by atoms with van der Waals surface area (Å²) in [7, 11) is 0. The average Bonchev–Trinajstić information content (AvgIpc) is 3.51. The van der Waals surface area contributed by atoms with Crippen LogP contribution in [-0.2, 0) is 13.0 Å². The van der Waals surface area contributed by atoms with Gasteiger partial charge in [0, 0.05) is 18.4 Å². The van der Waals surface area contributed by atoms with E-state index in [-0.39, 0.29) is 5.91 Å². The second-order valence-electron chi connectivity index (χ2n) is 7.99. The third-order valence-electron chi connectivity index (χ3n) is 5.56. The molecule has 0 radical (unpaired) electrons. The predicted octanol–water partition coefficient (Wildman–Crippen LogP) is 3.89. The number of hydrogen-bond donors (Lipinski definition) is 1. The van der Waals surface area contributed by atoms with Crippen molar-refractivity contribution >= 4 is 5.91 Å². The zero-order valence-corrected chi connectivity index (χ0v) is 19.3. The summed E-state index contributed by atoms with van der Waals surface area (Å²) in [6.07, 6.45) is 6.26. The predicted molar refractivity (Wildman–Crippen MR) is 129 cm³/mol. The van der Waals surface area contributed by atoms with Gasteiger partial charge in [0.1, 0.15) is 5.82 Å². The maximum atomic E-state index is 13.0. The Kier molecular flexibility index (Phi) is 7.22. The summed E-state index contributed by atoms with van der Waals surface area (Å²) in [5, 5.41) is 18.3. The van der Waals surface area contributed by atoms with E-state index in [1.54, 1.807) is 4.57 Å². The molecule has 2 aromatic heterocycles. The highest BCUT2D eigenvalue weighted by molar-refractivity contribution is 5.77. The number of allylic oxidation sites excluding steroid dienone is 2. The fraction of sp³-hybridized carbons (Fsp3) is 0.280. The monoisotopic (exact) mass is 457 g/mol. The minimum atomic E-state index is -0.391. The summed E-state index contributed by atoms with van der Waals surface area (Å²) in [5.74, 6) is 0.923. The van der Waals surface area contributed by atoms with E-state index in [0.29, 0.717) is 31.0 Å². The molecule has 0 spiro atoms. The number of nitrogens with zero attached hydrogens (tertiary/aromatic N) is 6. The first-order valence-electron chi connectivity index (χ1n) is 11.4. The lowest BCUT2D eigenvalue weighted by Gasteiger charge is -2.07. The van der Waals surface area contributed by atoms with Crippen LogP contribution in [0.25, 0.3) is 22.5 Å². The highest BCUT2D eigenvalue weighted by atomic mass is 16.2. The van der Waals surface area contributed by atoms with Crippen molar-refractivity contribution < 1.29 is 4.79 Å². The van der Waals surface area contributed by atoms with Crippen LogP contribution in [-0.4, -0.2) is 40.9 Å². The SMILES string of the molecule is C/C=C/Cc1nn(C(=O)CCCC)c(=O)n1Cc1ccc(-c2cccc(-c3nnn[nH]3)c2)cc1. The van der Waals surface area contributed by atoms with Crippen LogP contribution < -0.4 is 5.69 Å². The molecule has 9 heteroatoms. The first-order chi connectivity index (χ1) is 16.6. The van der Waals surface area contributed by atoms with Crippen LogP contribution in [0.15, 0.2) is 65.5 Å². The number of benzene rings is 2. The van der Waals surface area contributed by atoms with Crippen molar-refractivity contribution in [2.75, 3.05) is 0 Å². The number of hydrogen-bond acceptors (Lipinski definition) is 6. The molecule has 0 unspecified atom stereocenters. The normalized spacial score (nSPS) is 11.4. The molecule has 34 heavy (non-hydrogen) atoms. The van der Waals surface area contributed by atoms with Gasteiger partial charge < -0.3 is 0 Å². The number of carbonyl (C=O) groups excluding carboxylic acids is 1. The Hall–Kier alpha value is -4.14. The minimum absolute atomic E-state index is 0.260. The third-order valence-corrected chi connectivity index (χ3v) is 5.56. The molecule has 2 heterocycles. The van der Waals surface area contributed by atoms with Crippen LogP contribution in [0.5, 0.6) is 0 Å². The maximum absolute atomic E-state index is 13.0. The smallest absolute Gasteiger partial charge is 0.274 e. The molecule has 0 aliphatic heterocycles. The van der Waals surface area contributed by atoms with Gasteiger partial charge in [0.05, 0.1) is 6.54 Å². The second kappa shape index (κ2) is 10.7. The van der Waals surface area contributed by atoms with Crippen molar-refractivity contribution in [2.24, 2.45) is 0 Å². The van der Waals surface area contributed by atoms with E-state index in [1.807, 2.05) is 74.5 Å². The van der Waals surface area contributed by atoms with Crippen LogP contribution in [0.3, 0.4) is 0 Å². The number of H-pyrrole nitrogens is 1. The van der Waals surface area contributed by atoms with Crippen molar-refractivity contribution in [3.8, 4) is 22.5 Å². The molecule has 0 atom stereocenters. The molecule has 0 fully saturated rings. The Morgan fingerprint density at radius 3 is 2.59 bits per heavy atom. The van der Waals surface area contributed by atoms with Crippen LogP contribution in [0.2, 0.25) is 0 Å². The molecule has 0 aliphatic rings. The first kappa shape index (κ1) is 23.0. The van der Waals surface area contributed by atoms with Gasteiger partial charge >= 0.3 is 5.69 Å². The van der Waals surface area contributed by atoms with Crippen molar-refractivity contribution in [3.63, 3.8) is 0 Å². The number of rotatable bonds is 9. The summed E-state index contributed by atoms with van der Waals surface area (Å²) in [6.45, 7) is 4.27. The van der Waals surface area contributed by atoms with Gasteiger partial charge in [-0.3, -0.25) is 9.36 Å². The van der Waals surface area contributed by atoms with Gasteiger partial charge in [0.25, 0.3) is 5.91 Å². The summed E-state index contributed by atoms with van der Waals surface area (Å²) < 4.78 is 2.60. The molecule has 174 valence electrons. The lowest BCUT2D eigenvalue weighted by Crippen LogP contribution is -2.30. The van der Waals surface area contributed by atoms with E-state index in [4.69, 9.17) is 0 Å². The van der Waals surface area contributed by atoms with Gasteiger partial charge in [-0.1, -0.05) is 68.0 Å². The quantitative estimate of drug-likeness (QED) is 0.382. The topological polar surface area (TPSA) is 111 Å². The third kappa shape index (κ3) is 5.09. The lowest BCUT2D eigenvalue weighted by atomic mass is 10.0. The standard InChI is InChI=1S/C25H27N7O2/c1-3-5-10-22-28-32(23(33)11-6-4-2)25(34)31(22)17-18-12-14-19(15-13-18)20-8-7-9-21(16-20)24-26-29-30-27-24/h3,5,7-9,12-16H,4,6,10-11,17H2,1-2H3,(H,26,27,29,30)/b5-3+. The molecule has 9 nitrogen and oxygen atoms in total. The molecule has 2 aromatic carbocycles. The van der Waals surface area contributed by atoms with E-state index in [1.165, 1.54) is 0 Å². The largest absolute Gasteiger partial charge is 0.353 e. The number of carbonyl (C=O) groups is 1. The number of unbranched alkanes of at least 4 members (excludes halogenated alkanes) is 1. The number of tetrazole rings is 1. The maximum Gasteiger partial charge on any atom is 0.353 e. The van der Waals surface area contributed by atoms with E-state index in [9.17, 15) is 9.59 Å². The summed E-state index contributed by atoms with van der Waals surface area (Å²) >= 11 is 0. The van der Waals surface area contributed by atoms with Crippen molar-refractivity contribution in [1.82, 2.24) is 35.0 Å². The van der Waals surface area contributed by atoms with Crippen molar-refractivity contribution in [1.29, 1.82) is 0 Å². The van der Waals surface area contributed by atoms with Gasteiger partial charge in [-0.15, -0.1) is 14.9 Å². The molecular weight excluding hydrogens is 430 g/mol. The highest BCUT2D eigenvalue weighted by Crippen LogP contribution is 2.24. The van der Waals surface area contributed by atoms with Gasteiger partial charge in [-0.25, -0.2) is 9.89 Å². The Morgan fingerprint density at radius 2 is 1.88 bits per heavy atom. The van der Waals surface area contributed by atoms with E-state index in [2.05, 4.69) is 25.7 Å². The fourth-order valence-electron chi connectivity index (χ4n) is 3.68. The summed E-state index contributed by atoms with van der Waals surface area (Å²) in [5.41, 5.74) is 3.51. The molecule has 1 N–H and O–H groups in total. The molecule has 0 amide bonds. The minimum Gasteiger partial charge on any atom is -0.274 e. The van der Waals surface area contributed by atoms with Crippen molar-refractivity contribution in [2.45, 2.75) is 46.1 Å². The molecule has 0 bridgehead atoms. The summed E-state index contributed by atoms with van der Waals surface area (Å²) in [4.78, 5) is 25.5. The Morgan fingerprint density at radius 1 is 1.09 bits per heavy atom. The second-order valence-corrected chi connectivity index (χ2v) is 7.99. The van der Waals surface area contributed by atoms with Crippen molar-refractivity contribution in [3.05, 3.63) is 82.6 Å². The number of nitrogens with one attached hydrogen (secondary N) is 1. The van der Waals surface area contributed by atoms with Gasteiger partial charge in [-0.2, -0.15) is 0 Å². The van der Waals surface area contributed by atoms with Gasteiger partial charge in [0.15, 0.2) is 5.82 Å². The van der Waals surface area contributed by atoms with Crippen LogP contribution in [0.1, 0.15) is 49.3 Å². The van der Waals surface area contributed by atoms with E-state index < -0.39 is 5.69 Å². The molecule has 4 aromatic rings. The summed E-state index contributed by atoms with van der Waals surface area (Å²) in [6, 6.07) is 15.9.